The number of aromatic nitrogens is 1. The Kier molecular flexibility index (Phi) is 6.65. The van der Waals surface area contributed by atoms with Crippen molar-refractivity contribution in [3.63, 3.8) is 0 Å². The fourth-order valence-corrected chi connectivity index (χ4v) is 1.07. The van der Waals surface area contributed by atoms with E-state index in [1.54, 1.807) is 24.3 Å². The molecule has 1 aromatic rings. The Labute approximate surface area is 107 Å². The summed E-state index contributed by atoms with van der Waals surface area (Å²) in [7, 11) is 5.36. The molecule has 0 aliphatic rings. The van der Waals surface area contributed by atoms with E-state index in [4.69, 9.17) is 5.73 Å². The Morgan fingerprint density at radius 3 is 2.65 bits per heavy atom. The molecule has 0 aromatic carbocycles. The van der Waals surface area contributed by atoms with Gasteiger partial charge in [0.05, 0.1) is 11.9 Å². The average molecular weight is 257 g/mol. The van der Waals surface area contributed by atoms with Gasteiger partial charge in [-0.1, -0.05) is 0 Å². The van der Waals surface area contributed by atoms with Crippen LogP contribution in [0.2, 0.25) is 0 Å². The molecule has 7 heteroatoms. The second kappa shape index (κ2) is 7.45. The van der Waals surface area contributed by atoms with Gasteiger partial charge in [0, 0.05) is 27.3 Å². The van der Waals surface area contributed by atoms with Crippen molar-refractivity contribution in [2.24, 2.45) is 15.7 Å². The molecule has 3 N–H and O–H groups in total. The van der Waals surface area contributed by atoms with E-state index in [0.29, 0.717) is 5.96 Å². The highest BCUT2D eigenvalue weighted by atomic mass is 35.5. The number of hydrogen-bond acceptors (Lipinski definition) is 2. The molecule has 0 unspecified atom stereocenters. The van der Waals surface area contributed by atoms with Gasteiger partial charge >= 0.3 is 0 Å². The van der Waals surface area contributed by atoms with Crippen LogP contribution in [0.5, 0.6) is 0 Å². The van der Waals surface area contributed by atoms with Crippen molar-refractivity contribution >= 4 is 30.0 Å². The fourth-order valence-electron chi connectivity index (χ4n) is 1.07. The van der Waals surface area contributed by atoms with Gasteiger partial charge in [0.15, 0.2) is 0 Å². The molecular weight excluding hydrogens is 240 g/mol. The topological polar surface area (TPSA) is 78.9 Å². The van der Waals surface area contributed by atoms with Crippen LogP contribution in [0, 0.1) is 0 Å². The van der Waals surface area contributed by atoms with E-state index in [9.17, 15) is 0 Å². The smallest absolute Gasteiger partial charge is 0.223 e. The highest BCUT2D eigenvalue weighted by Crippen LogP contribution is 2.01. The van der Waals surface area contributed by atoms with Crippen LogP contribution in [0.15, 0.2) is 34.5 Å². The molecule has 0 aliphatic carbocycles. The lowest BCUT2D eigenvalue weighted by molar-refractivity contribution is 0.613. The standard InChI is InChI=1S/C10H16N6.ClH/c1-12-10(16(2)3)15-9(11)14-8-5-4-6-13-7-8;/h4-7H,1-3H3,(H3,11,12,14,15);1H. The second-order valence-electron chi connectivity index (χ2n) is 3.28. The third kappa shape index (κ3) is 5.17. The summed E-state index contributed by atoms with van der Waals surface area (Å²) in [6.07, 6.45) is 3.36. The summed E-state index contributed by atoms with van der Waals surface area (Å²) < 4.78 is 0. The Morgan fingerprint density at radius 1 is 1.47 bits per heavy atom. The van der Waals surface area contributed by atoms with Crippen LogP contribution >= 0.6 is 12.4 Å². The lowest BCUT2D eigenvalue weighted by Crippen LogP contribution is -2.28. The number of anilines is 1. The van der Waals surface area contributed by atoms with Crippen molar-refractivity contribution < 1.29 is 0 Å². The van der Waals surface area contributed by atoms with E-state index in [0.717, 1.165) is 5.69 Å². The number of pyridine rings is 1. The molecule has 0 amide bonds. The monoisotopic (exact) mass is 256 g/mol. The summed E-state index contributed by atoms with van der Waals surface area (Å²) >= 11 is 0. The average Bonchev–Trinajstić information content (AvgIpc) is 2.27. The first-order chi connectivity index (χ1) is 7.63. The largest absolute Gasteiger partial charge is 0.369 e. The van der Waals surface area contributed by atoms with Crippen molar-refractivity contribution in [2.45, 2.75) is 0 Å². The maximum absolute atomic E-state index is 5.72. The summed E-state index contributed by atoms with van der Waals surface area (Å²) in [4.78, 5) is 13.8. The van der Waals surface area contributed by atoms with Crippen LogP contribution in [0.4, 0.5) is 5.69 Å². The van der Waals surface area contributed by atoms with E-state index in [1.807, 2.05) is 26.2 Å². The first kappa shape index (κ1) is 15.2. The first-order valence-electron chi connectivity index (χ1n) is 4.79. The molecule has 1 heterocycles. The number of nitrogens with two attached hydrogens (primary N) is 1. The molecule has 0 aliphatic heterocycles. The van der Waals surface area contributed by atoms with Gasteiger partial charge in [0.25, 0.3) is 0 Å². The lowest BCUT2D eigenvalue weighted by Gasteiger charge is -2.11. The van der Waals surface area contributed by atoms with Crippen molar-refractivity contribution in [3.05, 3.63) is 24.5 Å². The van der Waals surface area contributed by atoms with E-state index >= 15 is 0 Å². The van der Waals surface area contributed by atoms with E-state index < -0.39 is 0 Å². The van der Waals surface area contributed by atoms with Crippen LogP contribution in [-0.2, 0) is 0 Å². The van der Waals surface area contributed by atoms with Gasteiger partial charge in [0.2, 0.25) is 11.9 Å². The molecule has 0 bridgehead atoms. The third-order valence-corrected chi connectivity index (χ3v) is 1.75. The molecule has 0 atom stereocenters. The molecule has 1 rings (SSSR count). The molecule has 0 saturated carbocycles. The zero-order chi connectivity index (χ0) is 12.0. The minimum Gasteiger partial charge on any atom is -0.369 e. The Hall–Kier alpha value is -1.82. The number of hydrogen-bond donors (Lipinski definition) is 2. The zero-order valence-electron chi connectivity index (χ0n) is 10.1. The van der Waals surface area contributed by atoms with Crippen molar-refractivity contribution in [2.75, 3.05) is 26.5 Å². The van der Waals surface area contributed by atoms with Crippen molar-refractivity contribution in [1.29, 1.82) is 0 Å². The number of halogens is 1. The zero-order valence-corrected chi connectivity index (χ0v) is 10.9. The Bertz CT molecular complexity index is 387. The first-order valence-corrected chi connectivity index (χ1v) is 4.79. The van der Waals surface area contributed by atoms with Crippen molar-refractivity contribution in [3.8, 4) is 0 Å². The molecular formula is C10H17ClN6. The summed E-state index contributed by atoms with van der Waals surface area (Å²) in [6, 6.07) is 3.67. The summed E-state index contributed by atoms with van der Waals surface area (Å²) in [5.74, 6) is 0.830. The molecule has 0 fully saturated rings. The van der Waals surface area contributed by atoms with Crippen molar-refractivity contribution in [1.82, 2.24) is 9.88 Å². The quantitative estimate of drug-likeness (QED) is 0.575. The third-order valence-electron chi connectivity index (χ3n) is 1.75. The van der Waals surface area contributed by atoms with Gasteiger partial charge in [-0.15, -0.1) is 12.4 Å². The van der Waals surface area contributed by atoms with Crippen LogP contribution < -0.4 is 11.1 Å². The van der Waals surface area contributed by atoms with Gasteiger partial charge in [-0.2, -0.15) is 4.99 Å². The molecule has 1 aromatic heterocycles. The van der Waals surface area contributed by atoms with Gasteiger partial charge in [-0.25, -0.2) is 0 Å². The summed E-state index contributed by atoms with van der Waals surface area (Å²) in [6.45, 7) is 0. The molecule has 0 radical (unpaired) electrons. The Morgan fingerprint density at radius 2 is 2.18 bits per heavy atom. The second-order valence-corrected chi connectivity index (χ2v) is 3.28. The summed E-state index contributed by atoms with van der Waals surface area (Å²) in [5.41, 5.74) is 6.51. The highest BCUT2D eigenvalue weighted by Gasteiger charge is 2.00. The molecule has 6 nitrogen and oxygen atoms in total. The molecule has 94 valence electrons. The van der Waals surface area contributed by atoms with Gasteiger partial charge in [-0.3, -0.25) is 9.98 Å². The molecule has 0 spiro atoms. The number of rotatable bonds is 1. The highest BCUT2D eigenvalue weighted by molar-refractivity contribution is 6.00. The number of guanidine groups is 2. The maximum Gasteiger partial charge on any atom is 0.223 e. The predicted octanol–water partition coefficient (Wildman–Crippen LogP) is 0.777. The van der Waals surface area contributed by atoms with Gasteiger partial charge in [-0.05, 0) is 12.1 Å². The van der Waals surface area contributed by atoms with Crippen LogP contribution in [0.3, 0.4) is 0 Å². The van der Waals surface area contributed by atoms with Crippen LogP contribution in [0.1, 0.15) is 0 Å². The number of nitrogens with zero attached hydrogens (tertiary/aromatic N) is 4. The lowest BCUT2D eigenvalue weighted by atomic mass is 10.4. The van der Waals surface area contributed by atoms with Gasteiger partial charge in [0.1, 0.15) is 0 Å². The SMILES string of the molecule is CN=C(N=C(N)Nc1cccnc1)N(C)C.Cl. The fraction of sp³-hybridized carbons (Fsp3) is 0.300. The Balaban J connectivity index is 0.00000256. The number of aliphatic imine (C=N–C) groups is 2. The summed E-state index contributed by atoms with van der Waals surface area (Å²) in [5, 5.41) is 2.92. The molecule has 17 heavy (non-hydrogen) atoms. The molecule has 0 saturated heterocycles. The van der Waals surface area contributed by atoms with E-state index in [1.165, 1.54) is 0 Å². The predicted molar refractivity (Wildman–Crippen MR) is 73.8 cm³/mol. The number of nitrogens with one attached hydrogen (secondary N) is 1. The minimum absolute atomic E-state index is 0. The van der Waals surface area contributed by atoms with Crippen LogP contribution in [-0.4, -0.2) is 42.9 Å². The normalized spacial score (nSPS) is 11.7. The maximum atomic E-state index is 5.72. The van der Waals surface area contributed by atoms with E-state index in [2.05, 4.69) is 20.3 Å². The van der Waals surface area contributed by atoms with E-state index in [-0.39, 0.29) is 18.4 Å². The minimum atomic E-state index is 0. The van der Waals surface area contributed by atoms with Crippen LogP contribution in [0.25, 0.3) is 0 Å². The van der Waals surface area contributed by atoms with Gasteiger partial charge < -0.3 is 16.0 Å².